The summed E-state index contributed by atoms with van der Waals surface area (Å²) in [6.07, 6.45) is 0. The summed E-state index contributed by atoms with van der Waals surface area (Å²) in [5, 5.41) is 3.17. The maximum absolute atomic E-state index is 11.5. The average molecular weight is 321 g/mol. The van der Waals surface area contributed by atoms with Gasteiger partial charge in [0.2, 0.25) is 0 Å². The summed E-state index contributed by atoms with van der Waals surface area (Å²) in [6.45, 7) is 5.40. The summed E-state index contributed by atoms with van der Waals surface area (Å²) >= 11 is 3.29. The van der Waals surface area contributed by atoms with Crippen molar-refractivity contribution in [2.45, 2.75) is 26.8 Å². The van der Waals surface area contributed by atoms with Gasteiger partial charge in [-0.05, 0) is 41.9 Å². The van der Waals surface area contributed by atoms with E-state index in [1.165, 1.54) is 0 Å². The van der Waals surface area contributed by atoms with Gasteiger partial charge in [0.15, 0.2) is 9.84 Å². The molecule has 17 heavy (non-hydrogen) atoms. The molecule has 1 aromatic rings. The van der Waals surface area contributed by atoms with E-state index < -0.39 is 9.84 Å². The minimum atomic E-state index is -2.95. The number of halogens is 1. The third-order valence-electron chi connectivity index (χ3n) is 2.40. The van der Waals surface area contributed by atoms with Crippen LogP contribution in [0.15, 0.2) is 16.7 Å². The molecule has 0 bridgehead atoms. The smallest absolute Gasteiger partial charge is 0.152 e. The normalized spacial score (nSPS) is 13.4. The van der Waals surface area contributed by atoms with Crippen LogP contribution < -0.4 is 5.32 Å². The molecule has 4 nitrogen and oxygen atoms in total. The maximum Gasteiger partial charge on any atom is 0.152 e. The molecule has 0 aromatic carbocycles. The standard InChI is InChI=1S/C11H17BrN2O2S/c1-4-17(15,16)7-8(2)13-10-5-6-11(12)14-9(10)3/h5-6,8,13H,4,7H2,1-3H3. The molecule has 6 heteroatoms. The molecule has 0 radical (unpaired) electrons. The Morgan fingerprint density at radius 1 is 1.47 bits per heavy atom. The third kappa shape index (κ3) is 4.63. The first kappa shape index (κ1) is 14.4. The van der Waals surface area contributed by atoms with Crippen LogP contribution in [0.4, 0.5) is 5.69 Å². The van der Waals surface area contributed by atoms with Crippen molar-refractivity contribution in [3.8, 4) is 0 Å². The van der Waals surface area contributed by atoms with Crippen LogP contribution in [0.1, 0.15) is 19.5 Å². The minimum absolute atomic E-state index is 0.123. The number of sulfone groups is 1. The zero-order valence-electron chi connectivity index (χ0n) is 10.2. The first-order valence-corrected chi connectivity index (χ1v) is 8.05. The fourth-order valence-electron chi connectivity index (χ4n) is 1.49. The van der Waals surface area contributed by atoms with E-state index in [-0.39, 0.29) is 17.5 Å². The van der Waals surface area contributed by atoms with Crippen molar-refractivity contribution in [2.24, 2.45) is 0 Å². The highest BCUT2D eigenvalue weighted by molar-refractivity contribution is 9.10. The van der Waals surface area contributed by atoms with E-state index in [1.54, 1.807) is 6.92 Å². The summed E-state index contributed by atoms with van der Waals surface area (Å²) in [7, 11) is -2.95. The zero-order chi connectivity index (χ0) is 13.1. The first-order valence-electron chi connectivity index (χ1n) is 5.44. The van der Waals surface area contributed by atoms with Crippen LogP contribution in [-0.2, 0) is 9.84 Å². The number of aromatic nitrogens is 1. The van der Waals surface area contributed by atoms with Crippen LogP contribution in [-0.4, -0.2) is 30.9 Å². The highest BCUT2D eigenvalue weighted by Crippen LogP contribution is 2.17. The molecule has 96 valence electrons. The molecule has 0 saturated heterocycles. The predicted octanol–water partition coefficient (Wildman–Crippen LogP) is 2.39. The van der Waals surface area contributed by atoms with E-state index in [0.717, 1.165) is 16.0 Å². The molecule has 0 aliphatic rings. The van der Waals surface area contributed by atoms with Gasteiger partial charge >= 0.3 is 0 Å². The molecule has 1 aromatic heterocycles. The molecule has 0 fully saturated rings. The van der Waals surface area contributed by atoms with E-state index >= 15 is 0 Å². The fourth-order valence-corrected chi connectivity index (χ4v) is 2.97. The van der Waals surface area contributed by atoms with Crippen molar-refractivity contribution < 1.29 is 8.42 Å². The van der Waals surface area contributed by atoms with E-state index in [2.05, 4.69) is 26.2 Å². The number of aryl methyl sites for hydroxylation is 1. The second-order valence-corrected chi connectivity index (χ2v) is 7.22. The molecular formula is C11H17BrN2O2S. The van der Waals surface area contributed by atoms with E-state index in [0.29, 0.717) is 0 Å². The number of hydrogen-bond donors (Lipinski definition) is 1. The Morgan fingerprint density at radius 2 is 2.12 bits per heavy atom. The van der Waals surface area contributed by atoms with E-state index in [9.17, 15) is 8.42 Å². The quantitative estimate of drug-likeness (QED) is 0.846. The van der Waals surface area contributed by atoms with Gasteiger partial charge < -0.3 is 5.32 Å². The lowest BCUT2D eigenvalue weighted by molar-refractivity contribution is 0.593. The van der Waals surface area contributed by atoms with Crippen molar-refractivity contribution in [2.75, 3.05) is 16.8 Å². The highest BCUT2D eigenvalue weighted by Gasteiger charge is 2.14. The number of hydrogen-bond acceptors (Lipinski definition) is 4. The number of anilines is 1. The largest absolute Gasteiger partial charge is 0.380 e. The van der Waals surface area contributed by atoms with Gasteiger partial charge in [-0.15, -0.1) is 0 Å². The molecule has 1 rings (SSSR count). The molecule has 0 saturated carbocycles. The van der Waals surface area contributed by atoms with E-state index in [1.807, 2.05) is 26.0 Å². The SMILES string of the molecule is CCS(=O)(=O)CC(C)Nc1ccc(Br)nc1C. The second-order valence-electron chi connectivity index (χ2n) is 4.01. The molecule has 0 aliphatic heterocycles. The van der Waals surface area contributed by atoms with Crippen LogP contribution in [0, 0.1) is 6.92 Å². The molecule has 1 heterocycles. The third-order valence-corrected chi connectivity index (χ3v) is 4.73. The lowest BCUT2D eigenvalue weighted by Crippen LogP contribution is -2.27. The van der Waals surface area contributed by atoms with Gasteiger partial charge in [0.1, 0.15) is 4.60 Å². The van der Waals surface area contributed by atoms with Gasteiger partial charge in [0.05, 0.1) is 17.1 Å². The lowest BCUT2D eigenvalue weighted by Gasteiger charge is -2.16. The second kappa shape index (κ2) is 5.82. The van der Waals surface area contributed by atoms with Crippen molar-refractivity contribution in [1.82, 2.24) is 4.98 Å². The Labute approximate surface area is 111 Å². The lowest BCUT2D eigenvalue weighted by atomic mass is 10.3. The van der Waals surface area contributed by atoms with Gasteiger partial charge in [-0.3, -0.25) is 0 Å². The fraction of sp³-hybridized carbons (Fsp3) is 0.545. The Balaban J connectivity index is 2.72. The van der Waals surface area contributed by atoms with E-state index in [4.69, 9.17) is 0 Å². The number of nitrogens with zero attached hydrogens (tertiary/aromatic N) is 1. The summed E-state index contributed by atoms with van der Waals surface area (Å²) in [5.41, 5.74) is 1.71. The number of rotatable bonds is 5. The minimum Gasteiger partial charge on any atom is -0.380 e. The Hall–Kier alpha value is -0.620. The van der Waals surface area contributed by atoms with Crippen LogP contribution in [0.25, 0.3) is 0 Å². The van der Waals surface area contributed by atoms with Crippen LogP contribution in [0.5, 0.6) is 0 Å². The van der Waals surface area contributed by atoms with Crippen molar-refractivity contribution >= 4 is 31.5 Å². The monoisotopic (exact) mass is 320 g/mol. The van der Waals surface area contributed by atoms with Crippen molar-refractivity contribution in [3.63, 3.8) is 0 Å². The summed E-state index contributed by atoms with van der Waals surface area (Å²) in [6, 6.07) is 3.60. The van der Waals surface area contributed by atoms with Crippen LogP contribution in [0.3, 0.4) is 0 Å². The summed E-state index contributed by atoms with van der Waals surface area (Å²) < 4.78 is 23.7. The van der Waals surface area contributed by atoms with Gasteiger partial charge in [0.25, 0.3) is 0 Å². The Morgan fingerprint density at radius 3 is 2.65 bits per heavy atom. The molecule has 0 spiro atoms. The van der Waals surface area contributed by atoms with Crippen molar-refractivity contribution in [3.05, 3.63) is 22.4 Å². The summed E-state index contributed by atoms with van der Waals surface area (Å²) in [5.74, 6) is 0.315. The molecule has 0 amide bonds. The molecule has 0 aliphatic carbocycles. The van der Waals surface area contributed by atoms with Crippen molar-refractivity contribution in [1.29, 1.82) is 0 Å². The Bertz CT molecular complexity index is 488. The van der Waals surface area contributed by atoms with Crippen LogP contribution >= 0.6 is 15.9 Å². The molecule has 1 N–H and O–H groups in total. The number of pyridine rings is 1. The summed E-state index contributed by atoms with van der Waals surface area (Å²) in [4.78, 5) is 4.25. The maximum atomic E-state index is 11.5. The highest BCUT2D eigenvalue weighted by atomic mass is 79.9. The Kier molecular flexibility index (Phi) is 4.94. The topological polar surface area (TPSA) is 59.1 Å². The van der Waals surface area contributed by atoms with Crippen LogP contribution in [0.2, 0.25) is 0 Å². The van der Waals surface area contributed by atoms with Gasteiger partial charge in [-0.25, -0.2) is 13.4 Å². The molecule has 1 atom stereocenters. The first-order chi connectivity index (χ1) is 7.84. The van der Waals surface area contributed by atoms with Gasteiger partial charge in [0, 0.05) is 11.8 Å². The molecular weight excluding hydrogens is 304 g/mol. The average Bonchev–Trinajstić information content (AvgIpc) is 2.21. The predicted molar refractivity (Wildman–Crippen MR) is 74.1 cm³/mol. The van der Waals surface area contributed by atoms with Gasteiger partial charge in [-0.2, -0.15) is 0 Å². The molecule has 1 unspecified atom stereocenters. The van der Waals surface area contributed by atoms with Gasteiger partial charge in [-0.1, -0.05) is 6.92 Å². The number of nitrogens with one attached hydrogen (secondary N) is 1. The zero-order valence-corrected chi connectivity index (χ0v) is 12.6.